The predicted molar refractivity (Wildman–Crippen MR) is 113 cm³/mol. The van der Waals surface area contributed by atoms with Crippen molar-refractivity contribution in [3.63, 3.8) is 0 Å². The van der Waals surface area contributed by atoms with Crippen molar-refractivity contribution in [2.75, 3.05) is 56.7 Å². The molecule has 1 N–H and O–H groups in total. The number of nitrogens with one attached hydrogen (secondary N) is 1. The Balaban J connectivity index is 1.42. The van der Waals surface area contributed by atoms with Gasteiger partial charge in [0, 0.05) is 46.0 Å². The van der Waals surface area contributed by atoms with Gasteiger partial charge >= 0.3 is 0 Å². The van der Waals surface area contributed by atoms with Crippen molar-refractivity contribution in [1.29, 1.82) is 0 Å². The van der Waals surface area contributed by atoms with Crippen molar-refractivity contribution < 1.29 is 9.15 Å². The monoisotopic (exact) mass is 394 g/mol. The van der Waals surface area contributed by atoms with Crippen LogP contribution in [0.2, 0.25) is 0 Å². The van der Waals surface area contributed by atoms with E-state index in [1.807, 2.05) is 37.3 Å². The smallest absolute Gasteiger partial charge is 0.297 e. The summed E-state index contributed by atoms with van der Waals surface area (Å²) in [6, 6.07) is 10.4. The van der Waals surface area contributed by atoms with Crippen LogP contribution in [-0.4, -0.2) is 66.3 Å². The topological polar surface area (TPSA) is 79.5 Å². The summed E-state index contributed by atoms with van der Waals surface area (Å²) in [6.45, 7) is 7.47. The highest BCUT2D eigenvalue weighted by Gasteiger charge is 2.21. The Kier molecular flexibility index (Phi) is 6.02. The average Bonchev–Trinajstić information content (AvgIpc) is 3.23. The van der Waals surface area contributed by atoms with Crippen molar-refractivity contribution >= 4 is 17.7 Å². The molecule has 0 saturated carbocycles. The Morgan fingerprint density at radius 3 is 2.76 bits per heavy atom. The summed E-state index contributed by atoms with van der Waals surface area (Å²) in [4.78, 5) is 18.0. The summed E-state index contributed by atoms with van der Waals surface area (Å²) >= 11 is 0. The number of aryl methyl sites for hydroxylation is 1. The van der Waals surface area contributed by atoms with E-state index in [0.29, 0.717) is 17.6 Å². The van der Waals surface area contributed by atoms with Crippen molar-refractivity contribution in [3.05, 3.63) is 48.3 Å². The highest BCUT2D eigenvalue weighted by atomic mass is 16.5. The lowest BCUT2D eigenvalue weighted by molar-refractivity contribution is 0.143. The molecule has 4 rings (SSSR count). The molecule has 0 amide bonds. The van der Waals surface area contributed by atoms with E-state index in [4.69, 9.17) is 9.15 Å². The maximum absolute atomic E-state index is 6.02. The fourth-order valence-corrected chi connectivity index (χ4v) is 3.29. The van der Waals surface area contributed by atoms with Crippen LogP contribution < -0.4 is 10.2 Å². The molecule has 0 atom stereocenters. The minimum atomic E-state index is 0.645. The number of nitrogens with zero attached hydrogens (tertiary/aromatic N) is 5. The molecule has 0 aromatic carbocycles. The van der Waals surface area contributed by atoms with E-state index in [1.165, 1.54) is 0 Å². The lowest BCUT2D eigenvalue weighted by Crippen LogP contribution is -2.47. The molecule has 3 aromatic heterocycles. The van der Waals surface area contributed by atoms with E-state index in [1.54, 1.807) is 19.5 Å². The van der Waals surface area contributed by atoms with Gasteiger partial charge in [-0.15, -0.1) is 0 Å². The van der Waals surface area contributed by atoms with Crippen LogP contribution in [0, 0.1) is 6.92 Å². The van der Waals surface area contributed by atoms with Crippen molar-refractivity contribution in [1.82, 2.24) is 19.9 Å². The Morgan fingerprint density at radius 2 is 1.97 bits per heavy atom. The number of ether oxygens (including phenoxy) is 1. The molecule has 1 aliphatic heterocycles. The van der Waals surface area contributed by atoms with Gasteiger partial charge in [0.15, 0.2) is 5.76 Å². The van der Waals surface area contributed by atoms with Crippen LogP contribution in [0.1, 0.15) is 5.56 Å². The van der Waals surface area contributed by atoms with Crippen LogP contribution in [0.3, 0.4) is 0 Å². The molecule has 0 radical (unpaired) electrons. The fraction of sp³-hybridized carbons (Fsp3) is 0.381. The van der Waals surface area contributed by atoms with Crippen LogP contribution >= 0.6 is 0 Å². The van der Waals surface area contributed by atoms with E-state index in [2.05, 4.69) is 30.1 Å². The molecule has 4 heterocycles. The molecule has 29 heavy (non-hydrogen) atoms. The average molecular weight is 394 g/mol. The number of methoxy groups -OCH3 is 1. The first kappa shape index (κ1) is 19.4. The summed E-state index contributed by atoms with van der Waals surface area (Å²) in [7, 11) is 1.74. The van der Waals surface area contributed by atoms with Crippen molar-refractivity contribution in [2.45, 2.75) is 6.92 Å². The van der Waals surface area contributed by atoms with E-state index in [9.17, 15) is 0 Å². The first-order valence-electron chi connectivity index (χ1n) is 9.80. The minimum absolute atomic E-state index is 0.645. The third kappa shape index (κ3) is 4.90. The summed E-state index contributed by atoms with van der Waals surface area (Å²) < 4.78 is 11.2. The molecule has 1 fully saturated rings. The van der Waals surface area contributed by atoms with Gasteiger partial charge in [-0.05, 0) is 36.8 Å². The lowest BCUT2D eigenvalue weighted by atomic mass is 10.3. The summed E-state index contributed by atoms with van der Waals surface area (Å²) in [5.74, 6) is 2.13. The highest BCUT2D eigenvalue weighted by Crippen LogP contribution is 2.25. The van der Waals surface area contributed by atoms with E-state index < -0.39 is 0 Å². The second-order valence-corrected chi connectivity index (χ2v) is 7.08. The van der Waals surface area contributed by atoms with E-state index in [-0.39, 0.29) is 0 Å². The van der Waals surface area contributed by atoms with E-state index in [0.717, 1.165) is 56.4 Å². The molecular formula is C21H26N6O2. The number of hydrogen-bond donors (Lipinski definition) is 1. The molecule has 0 bridgehead atoms. The second-order valence-electron chi connectivity index (χ2n) is 7.08. The first-order chi connectivity index (χ1) is 14.2. The van der Waals surface area contributed by atoms with Gasteiger partial charge in [-0.1, -0.05) is 6.07 Å². The van der Waals surface area contributed by atoms with Crippen LogP contribution in [-0.2, 0) is 4.74 Å². The highest BCUT2D eigenvalue weighted by molar-refractivity contribution is 5.59. The Labute approximate surface area is 170 Å². The van der Waals surface area contributed by atoms with Gasteiger partial charge in [-0.25, -0.2) is 15.0 Å². The third-order valence-electron chi connectivity index (χ3n) is 4.92. The number of hydrogen-bond acceptors (Lipinski definition) is 8. The largest absolute Gasteiger partial charge is 0.422 e. The number of rotatable bonds is 7. The Bertz CT molecular complexity index is 936. The number of anilines is 3. The van der Waals surface area contributed by atoms with Gasteiger partial charge in [0.25, 0.3) is 6.01 Å². The Hall–Kier alpha value is -2.97. The van der Waals surface area contributed by atoms with Gasteiger partial charge in [0.2, 0.25) is 0 Å². The molecule has 0 unspecified atom stereocenters. The summed E-state index contributed by atoms with van der Waals surface area (Å²) in [5.41, 5.74) is 1.88. The number of aromatic nitrogens is 3. The van der Waals surface area contributed by atoms with Gasteiger partial charge in [-0.3, -0.25) is 4.90 Å². The molecule has 1 saturated heterocycles. The third-order valence-corrected chi connectivity index (χ3v) is 4.92. The van der Waals surface area contributed by atoms with Gasteiger partial charge < -0.3 is 19.4 Å². The van der Waals surface area contributed by atoms with Crippen LogP contribution in [0.15, 0.2) is 47.1 Å². The number of oxazole rings is 1. The molecular weight excluding hydrogens is 368 g/mol. The van der Waals surface area contributed by atoms with Crippen molar-refractivity contribution in [3.8, 4) is 11.5 Å². The lowest BCUT2D eigenvalue weighted by Gasteiger charge is -2.33. The molecule has 0 aliphatic carbocycles. The fourth-order valence-electron chi connectivity index (χ4n) is 3.29. The minimum Gasteiger partial charge on any atom is -0.422 e. The Morgan fingerprint density at radius 1 is 1.10 bits per heavy atom. The van der Waals surface area contributed by atoms with Gasteiger partial charge in [0.1, 0.15) is 17.3 Å². The maximum Gasteiger partial charge on any atom is 0.297 e. The SMILES string of the molecule is COCCN1CCN(c2ncc(-c3cccc(Nc4cc(C)ccn4)n3)o2)CC1. The van der Waals surface area contributed by atoms with Crippen LogP contribution in [0.25, 0.3) is 11.5 Å². The van der Waals surface area contributed by atoms with Gasteiger partial charge in [0.05, 0.1) is 12.8 Å². The zero-order chi connectivity index (χ0) is 20.1. The van der Waals surface area contributed by atoms with Gasteiger partial charge in [-0.2, -0.15) is 0 Å². The molecule has 1 aliphatic rings. The first-order valence-corrected chi connectivity index (χ1v) is 9.80. The molecule has 152 valence electrons. The summed E-state index contributed by atoms with van der Waals surface area (Å²) in [6.07, 6.45) is 3.52. The normalized spacial score (nSPS) is 14.9. The number of pyridine rings is 2. The van der Waals surface area contributed by atoms with Crippen LogP contribution in [0.5, 0.6) is 0 Å². The zero-order valence-corrected chi connectivity index (χ0v) is 16.8. The van der Waals surface area contributed by atoms with Crippen LogP contribution in [0.4, 0.5) is 17.7 Å². The number of piperazine rings is 1. The molecule has 8 nitrogen and oxygen atoms in total. The predicted octanol–water partition coefficient (Wildman–Crippen LogP) is 2.95. The molecule has 0 spiro atoms. The zero-order valence-electron chi connectivity index (χ0n) is 16.8. The second kappa shape index (κ2) is 9.02. The quantitative estimate of drug-likeness (QED) is 0.655. The summed E-state index contributed by atoms with van der Waals surface area (Å²) in [5, 5.41) is 3.24. The van der Waals surface area contributed by atoms with Crippen molar-refractivity contribution in [2.24, 2.45) is 0 Å². The van der Waals surface area contributed by atoms with E-state index >= 15 is 0 Å². The maximum atomic E-state index is 6.02. The molecule has 3 aromatic rings. The standard InChI is InChI=1S/C21H26N6O2/c1-16-6-7-22-20(14-16)25-19-5-3-4-17(24-19)18-15-23-21(29-18)27-10-8-26(9-11-27)12-13-28-2/h3-7,14-15H,8-13H2,1-2H3,(H,22,24,25). The molecule has 8 heteroatoms.